The molecular weight excluding hydrogens is 415 g/mol. The number of nitrogens with one attached hydrogen (secondary N) is 1. The highest BCUT2D eigenvalue weighted by Crippen LogP contribution is 2.32. The Balaban J connectivity index is 0.00000145. The first-order valence-corrected chi connectivity index (χ1v) is 10.2. The lowest BCUT2D eigenvalue weighted by atomic mass is 9.91. The van der Waals surface area contributed by atoms with Crippen LogP contribution in [0.3, 0.4) is 0 Å². The molecule has 1 saturated heterocycles. The number of hydrogen-bond acceptors (Lipinski definition) is 6. The molecule has 1 aliphatic heterocycles. The van der Waals surface area contributed by atoms with Gasteiger partial charge < -0.3 is 20.4 Å². The van der Waals surface area contributed by atoms with E-state index in [9.17, 15) is 9.59 Å². The van der Waals surface area contributed by atoms with E-state index in [4.69, 9.17) is 33.7 Å². The molecule has 0 bridgehead atoms. The summed E-state index contributed by atoms with van der Waals surface area (Å²) in [6, 6.07) is 4.88. The second kappa shape index (κ2) is 9.61. The number of aromatic amines is 1. The van der Waals surface area contributed by atoms with Gasteiger partial charge in [0.25, 0.3) is 5.56 Å². The Morgan fingerprint density at radius 3 is 2.48 bits per heavy atom. The molecule has 0 saturated carbocycles. The fourth-order valence-corrected chi connectivity index (χ4v) is 3.41. The molecular formula is C20H26Cl2N4O3. The van der Waals surface area contributed by atoms with Gasteiger partial charge in [-0.15, -0.1) is 0 Å². The summed E-state index contributed by atoms with van der Waals surface area (Å²) < 4.78 is 4.86. The molecule has 1 aromatic carbocycles. The monoisotopic (exact) mass is 440 g/mol. The first-order chi connectivity index (χ1) is 13.7. The number of anilines is 1. The van der Waals surface area contributed by atoms with E-state index in [0.717, 1.165) is 12.8 Å². The third kappa shape index (κ3) is 5.10. The molecule has 0 atom stereocenters. The van der Waals surface area contributed by atoms with E-state index in [0.29, 0.717) is 24.5 Å². The van der Waals surface area contributed by atoms with Crippen LogP contribution in [0.15, 0.2) is 23.0 Å². The Labute approximate surface area is 180 Å². The molecule has 158 valence electrons. The Bertz CT molecular complexity index is 934. The largest absolute Gasteiger partial charge is 0.464 e. The number of halogens is 2. The summed E-state index contributed by atoms with van der Waals surface area (Å²) >= 11 is 12.3. The number of nitrogens with two attached hydrogens (primary N) is 1. The number of carbonyl (C=O) groups excluding carboxylic acids is 1. The van der Waals surface area contributed by atoms with E-state index >= 15 is 0 Å². The predicted molar refractivity (Wildman–Crippen MR) is 117 cm³/mol. The molecule has 0 unspecified atom stereocenters. The number of piperidine rings is 1. The number of hydrogen-bond donors (Lipinski definition) is 2. The number of ether oxygens (including phenoxy) is 1. The number of esters is 1. The second-order valence-corrected chi connectivity index (χ2v) is 7.63. The zero-order valence-electron chi connectivity index (χ0n) is 17.0. The van der Waals surface area contributed by atoms with Gasteiger partial charge in [0.1, 0.15) is 11.5 Å². The summed E-state index contributed by atoms with van der Waals surface area (Å²) in [5, 5.41) is 0.481. The second-order valence-electron chi connectivity index (χ2n) is 6.85. The van der Waals surface area contributed by atoms with E-state index < -0.39 is 11.5 Å². The lowest BCUT2D eigenvalue weighted by Gasteiger charge is -2.37. The average molecular weight is 441 g/mol. The van der Waals surface area contributed by atoms with E-state index in [2.05, 4.69) is 9.97 Å². The summed E-state index contributed by atoms with van der Waals surface area (Å²) in [4.78, 5) is 34.0. The van der Waals surface area contributed by atoms with Crippen molar-refractivity contribution in [3.8, 4) is 11.3 Å². The van der Waals surface area contributed by atoms with Crippen LogP contribution in [-0.4, -0.2) is 41.7 Å². The minimum absolute atomic E-state index is 0.00678. The summed E-state index contributed by atoms with van der Waals surface area (Å²) in [5.74, 6) is -0.328. The average Bonchev–Trinajstić information content (AvgIpc) is 2.71. The van der Waals surface area contributed by atoms with Crippen LogP contribution in [0.2, 0.25) is 10.0 Å². The van der Waals surface area contributed by atoms with Crippen LogP contribution in [-0.2, 0) is 4.74 Å². The maximum absolute atomic E-state index is 12.7. The molecule has 1 aromatic heterocycles. The molecule has 0 amide bonds. The first-order valence-electron chi connectivity index (χ1n) is 9.44. The van der Waals surface area contributed by atoms with E-state index in [1.165, 1.54) is 7.11 Å². The molecule has 1 fully saturated rings. The van der Waals surface area contributed by atoms with E-state index in [-0.39, 0.29) is 27.0 Å². The van der Waals surface area contributed by atoms with Crippen LogP contribution in [0.4, 0.5) is 5.82 Å². The van der Waals surface area contributed by atoms with Crippen LogP contribution in [0, 0.1) is 0 Å². The van der Waals surface area contributed by atoms with Crippen molar-refractivity contribution in [2.75, 3.05) is 25.1 Å². The number of benzene rings is 1. The predicted octanol–water partition coefficient (Wildman–Crippen LogP) is 3.87. The highest BCUT2D eigenvalue weighted by molar-refractivity contribution is 6.43. The van der Waals surface area contributed by atoms with Crippen LogP contribution >= 0.6 is 23.2 Å². The fourth-order valence-electron chi connectivity index (χ4n) is 3.02. The van der Waals surface area contributed by atoms with Crippen LogP contribution in [0.5, 0.6) is 0 Å². The van der Waals surface area contributed by atoms with Gasteiger partial charge in [0.2, 0.25) is 0 Å². The molecule has 2 heterocycles. The molecule has 0 aliphatic carbocycles. The summed E-state index contributed by atoms with van der Waals surface area (Å²) in [6.45, 7) is 7.16. The number of carbonyl (C=O) groups is 1. The van der Waals surface area contributed by atoms with Crippen molar-refractivity contribution in [1.29, 1.82) is 0 Å². The van der Waals surface area contributed by atoms with E-state index in [1.54, 1.807) is 18.2 Å². The van der Waals surface area contributed by atoms with E-state index in [1.807, 2.05) is 25.7 Å². The van der Waals surface area contributed by atoms with Gasteiger partial charge in [-0.1, -0.05) is 49.2 Å². The number of nitrogens with zero attached hydrogens (tertiary/aromatic N) is 2. The molecule has 0 radical (unpaired) electrons. The minimum Gasteiger partial charge on any atom is -0.464 e. The smallest absolute Gasteiger partial charge is 0.360 e. The third-order valence-corrected chi connectivity index (χ3v) is 5.52. The number of methoxy groups -OCH3 is 1. The molecule has 1 aliphatic rings. The normalized spacial score (nSPS) is 15.3. The fraction of sp³-hybridized carbons (Fsp3) is 0.450. The lowest BCUT2D eigenvalue weighted by Crippen LogP contribution is -2.49. The van der Waals surface area contributed by atoms with Gasteiger partial charge in [-0.2, -0.15) is 0 Å². The molecule has 3 rings (SSSR count). The van der Waals surface area contributed by atoms with Crippen molar-refractivity contribution in [3.05, 3.63) is 44.3 Å². The highest BCUT2D eigenvalue weighted by atomic mass is 35.5. The van der Waals surface area contributed by atoms with Crippen molar-refractivity contribution in [1.82, 2.24) is 9.97 Å². The summed E-state index contributed by atoms with van der Waals surface area (Å²) in [6.07, 6.45) is 1.44. The van der Waals surface area contributed by atoms with Crippen molar-refractivity contribution >= 4 is 35.0 Å². The van der Waals surface area contributed by atoms with Gasteiger partial charge in [0.15, 0.2) is 5.69 Å². The van der Waals surface area contributed by atoms with Gasteiger partial charge in [-0.25, -0.2) is 9.78 Å². The Kier molecular flexibility index (Phi) is 7.68. The molecule has 9 heteroatoms. The number of aromatic nitrogens is 2. The quantitative estimate of drug-likeness (QED) is 0.702. The van der Waals surface area contributed by atoms with Gasteiger partial charge in [-0.3, -0.25) is 4.79 Å². The van der Waals surface area contributed by atoms with Gasteiger partial charge in [0.05, 0.1) is 17.2 Å². The lowest BCUT2D eigenvalue weighted by molar-refractivity contribution is 0.0594. The standard InChI is InChI=1S/C18H20Cl2N4O3.C2H6/c1-18(21)6-8-24(9-7-18)15-14(17(26)27-2)22-13(16(25)23-15)10-4-3-5-11(19)12(10)20;1-2/h3-5H,6-9,21H2,1-2H3,(H,23,25);1-2H3. The maximum atomic E-state index is 12.7. The third-order valence-electron chi connectivity index (χ3n) is 4.70. The van der Waals surface area contributed by atoms with Crippen LogP contribution < -0.4 is 16.2 Å². The zero-order chi connectivity index (χ0) is 21.8. The molecule has 3 N–H and O–H groups in total. The molecule has 2 aromatic rings. The van der Waals surface area contributed by atoms with Crippen LogP contribution in [0.1, 0.15) is 44.1 Å². The first kappa shape index (κ1) is 23.2. The molecule has 7 nitrogen and oxygen atoms in total. The van der Waals surface area contributed by atoms with Crippen molar-refractivity contribution in [3.63, 3.8) is 0 Å². The Morgan fingerprint density at radius 2 is 1.90 bits per heavy atom. The highest BCUT2D eigenvalue weighted by Gasteiger charge is 2.30. The summed E-state index contributed by atoms with van der Waals surface area (Å²) in [5.41, 5.74) is 5.79. The van der Waals surface area contributed by atoms with Crippen molar-refractivity contribution < 1.29 is 9.53 Å². The minimum atomic E-state index is -0.651. The van der Waals surface area contributed by atoms with Gasteiger partial charge in [-0.05, 0) is 25.8 Å². The van der Waals surface area contributed by atoms with Crippen molar-refractivity contribution in [2.24, 2.45) is 5.73 Å². The van der Waals surface area contributed by atoms with Gasteiger partial charge in [0, 0.05) is 24.2 Å². The molecule has 0 spiro atoms. The number of rotatable bonds is 3. The SMILES string of the molecule is CC.COC(=O)c1nc(-c2cccc(Cl)c2Cl)c(=O)[nH]c1N1CCC(C)(N)CC1. The van der Waals surface area contributed by atoms with Gasteiger partial charge >= 0.3 is 5.97 Å². The summed E-state index contributed by atoms with van der Waals surface area (Å²) in [7, 11) is 1.26. The maximum Gasteiger partial charge on any atom is 0.360 e. The zero-order valence-corrected chi connectivity index (χ0v) is 18.5. The Morgan fingerprint density at radius 1 is 1.28 bits per heavy atom. The number of H-pyrrole nitrogens is 1. The van der Waals surface area contributed by atoms with Crippen molar-refractivity contribution in [2.45, 2.75) is 39.2 Å². The van der Waals surface area contributed by atoms with Crippen LogP contribution in [0.25, 0.3) is 11.3 Å². The molecule has 29 heavy (non-hydrogen) atoms. The topological polar surface area (TPSA) is 101 Å². The Hall–Kier alpha value is -2.09.